The topological polar surface area (TPSA) is 65.8 Å². The van der Waals surface area contributed by atoms with Crippen LogP contribution in [0.5, 0.6) is 0 Å². The molecule has 1 amide bonds. The van der Waals surface area contributed by atoms with Crippen molar-refractivity contribution in [2.75, 3.05) is 11.1 Å². The fourth-order valence-corrected chi connectivity index (χ4v) is 2.62. The second kappa shape index (κ2) is 7.55. The zero-order valence-corrected chi connectivity index (χ0v) is 13.5. The van der Waals surface area contributed by atoms with Crippen LogP contribution in [0.2, 0.25) is 5.02 Å². The van der Waals surface area contributed by atoms with E-state index >= 15 is 0 Å². The third kappa shape index (κ3) is 4.63. The lowest BCUT2D eigenvalue weighted by molar-refractivity contribution is -0.137. The zero-order chi connectivity index (χ0) is 17.7. The van der Waals surface area contributed by atoms with E-state index in [1.54, 1.807) is 12.1 Å². The molecule has 0 radical (unpaired) electrons. The summed E-state index contributed by atoms with van der Waals surface area (Å²) in [6, 6.07) is 7.75. The smallest absolute Gasteiger partial charge is 0.324 e. The maximum atomic E-state index is 12.7. The summed E-state index contributed by atoms with van der Waals surface area (Å²) in [5.74, 6) is -0.686. The van der Waals surface area contributed by atoms with Crippen LogP contribution in [0.25, 0.3) is 0 Å². The van der Waals surface area contributed by atoms with Gasteiger partial charge in [-0.2, -0.15) is 18.4 Å². The van der Waals surface area contributed by atoms with Crippen molar-refractivity contribution in [3.63, 3.8) is 0 Å². The fourth-order valence-electron chi connectivity index (χ4n) is 1.71. The molecule has 0 bridgehead atoms. The molecule has 1 aromatic heterocycles. The molecule has 4 nitrogen and oxygen atoms in total. The summed E-state index contributed by atoms with van der Waals surface area (Å²) >= 11 is 6.81. The predicted octanol–water partition coefficient (Wildman–Crippen LogP) is 4.36. The van der Waals surface area contributed by atoms with Crippen LogP contribution in [0.4, 0.5) is 18.9 Å². The molecule has 2 rings (SSSR count). The second-order valence-electron chi connectivity index (χ2n) is 4.50. The number of halogens is 4. The lowest BCUT2D eigenvalue weighted by atomic mass is 10.2. The van der Waals surface area contributed by atoms with Gasteiger partial charge in [-0.3, -0.25) is 4.79 Å². The van der Waals surface area contributed by atoms with Gasteiger partial charge in [0, 0.05) is 6.20 Å². The van der Waals surface area contributed by atoms with Gasteiger partial charge in [0.2, 0.25) is 5.91 Å². The average molecular weight is 372 g/mol. The van der Waals surface area contributed by atoms with Crippen molar-refractivity contribution in [1.29, 1.82) is 5.26 Å². The lowest BCUT2D eigenvalue weighted by Gasteiger charge is -2.11. The highest BCUT2D eigenvalue weighted by molar-refractivity contribution is 8.00. The molecule has 0 aliphatic rings. The molecule has 0 unspecified atom stereocenters. The summed E-state index contributed by atoms with van der Waals surface area (Å²) in [4.78, 5) is 15.9. The van der Waals surface area contributed by atoms with Gasteiger partial charge in [0.15, 0.2) is 0 Å². The number of pyridine rings is 1. The minimum atomic E-state index is -4.53. The van der Waals surface area contributed by atoms with Crippen molar-refractivity contribution in [3.8, 4) is 6.07 Å². The van der Waals surface area contributed by atoms with Crippen molar-refractivity contribution in [2.24, 2.45) is 0 Å². The van der Waals surface area contributed by atoms with Gasteiger partial charge in [-0.25, -0.2) is 4.98 Å². The Bertz CT molecular complexity index is 805. The number of nitrogens with one attached hydrogen (secondary N) is 1. The number of benzene rings is 1. The molecular formula is C15H9ClF3N3OS. The Labute approximate surface area is 144 Å². The summed E-state index contributed by atoms with van der Waals surface area (Å²) in [5.41, 5.74) is -0.725. The van der Waals surface area contributed by atoms with Gasteiger partial charge in [0.1, 0.15) is 11.1 Å². The quantitative estimate of drug-likeness (QED) is 0.811. The number of carbonyl (C=O) groups excluding carboxylic acids is 1. The lowest BCUT2D eigenvalue weighted by Crippen LogP contribution is -2.15. The van der Waals surface area contributed by atoms with E-state index < -0.39 is 17.6 Å². The van der Waals surface area contributed by atoms with Crippen LogP contribution >= 0.6 is 23.4 Å². The standard InChI is InChI=1S/C15H9ClF3N3OS/c16-11-4-3-10(15(17,18)19)6-12(11)22-13(23)8-24-14-9(7-20)2-1-5-21-14/h1-6H,8H2,(H,22,23). The highest BCUT2D eigenvalue weighted by Gasteiger charge is 2.31. The van der Waals surface area contributed by atoms with Crippen LogP contribution in [-0.2, 0) is 11.0 Å². The number of rotatable bonds is 4. The van der Waals surface area contributed by atoms with Crippen molar-refractivity contribution >= 4 is 35.0 Å². The van der Waals surface area contributed by atoms with Crippen molar-refractivity contribution < 1.29 is 18.0 Å². The monoisotopic (exact) mass is 371 g/mol. The zero-order valence-electron chi connectivity index (χ0n) is 11.9. The Kier molecular flexibility index (Phi) is 5.70. The number of nitrogens with zero attached hydrogens (tertiary/aromatic N) is 2. The fraction of sp³-hybridized carbons (Fsp3) is 0.133. The number of hydrogen-bond acceptors (Lipinski definition) is 4. The maximum absolute atomic E-state index is 12.7. The maximum Gasteiger partial charge on any atom is 0.416 e. The largest absolute Gasteiger partial charge is 0.416 e. The molecule has 0 saturated carbocycles. The Hall–Kier alpha value is -2.24. The molecule has 0 aliphatic heterocycles. The third-order valence-electron chi connectivity index (χ3n) is 2.80. The molecule has 124 valence electrons. The van der Waals surface area contributed by atoms with Crippen molar-refractivity contribution in [3.05, 3.63) is 52.7 Å². The first-order chi connectivity index (χ1) is 11.3. The van der Waals surface area contributed by atoms with Crippen molar-refractivity contribution in [2.45, 2.75) is 11.2 Å². The number of carbonyl (C=O) groups is 1. The molecule has 0 fully saturated rings. The van der Waals surface area contributed by atoms with E-state index in [-0.39, 0.29) is 16.5 Å². The van der Waals surface area contributed by atoms with Gasteiger partial charge in [-0.15, -0.1) is 0 Å². The molecule has 1 aromatic carbocycles. The number of anilines is 1. The van der Waals surface area contributed by atoms with Gasteiger partial charge in [-0.1, -0.05) is 23.4 Å². The summed E-state index contributed by atoms with van der Waals surface area (Å²) in [6.07, 6.45) is -3.06. The van der Waals surface area contributed by atoms with Gasteiger partial charge in [-0.05, 0) is 30.3 Å². The van der Waals surface area contributed by atoms with E-state index in [1.807, 2.05) is 6.07 Å². The molecular weight excluding hydrogens is 363 g/mol. The van der Waals surface area contributed by atoms with E-state index in [0.29, 0.717) is 10.6 Å². The van der Waals surface area contributed by atoms with Gasteiger partial charge in [0.05, 0.1) is 27.6 Å². The van der Waals surface area contributed by atoms with Crippen molar-refractivity contribution in [1.82, 2.24) is 4.98 Å². The van der Waals surface area contributed by atoms with Crippen LogP contribution in [0, 0.1) is 11.3 Å². The van der Waals surface area contributed by atoms with Crippen LogP contribution < -0.4 is 5.32 Å². The van der Waals surface area contributed by atoms with E-state index in [1.165, 1.54) is 6.20 Å². The number of thioether (sulfide) groups is 1. The Morgan fingerprint density at radius 2 is 2.12 bits per heavy atom. The SMILES string of the molecule is N#Cc1cccnc1SCC(=O)Nc1cc(C(F)(F)F)ccc1Cl. The molecule has 9 heteroatoms. The molecule has 0 atom stereocenters. The minimum Gasteiger partial charge on any atom is -0.324 e. The van der Waals surface area contributed by atoms with Gasteiger partial charge in [0.25, 0.3) is 0 Å². The van der Waals surface area contributed by atoms with E-state index in [0.717, 1.165) is 30.0 Å². The summed E-state index contributed by atoms with van der Waals surface area (Å²) < 4.78 is 38.1. The molecule has 2 aromatic rings. The number of alkyl halides is 3. The molecule has 0 saturated heterocycles. The molecule has 0 spiro atoms. The highest BCUT2D eigenvalue weighted by Crippen LogP contribution is 2.34. The van der Waals surface area contributed by atoms with E-state index in [2.05, 4.69) is 10.3 Å². The Balaban J connectivity index is 2.06. The van der Waals surface area contributed by atoms with Gasteiger partial charge >= 0.3 is 6.18 Å². The van der Waals surface area contributed by atoms with Gasteiger partial charge < -0.3 is 5.32 Å². The number of amides is 1. The molecule has 1 N–H and O–H groups in total. The first-order valence-electron chi connectivity index (χ1n) is 6.46. The average Bonchev–Trinajstić information content (AvgIpc) is 2.54. The first kappa shape index (κ1) is 18.1. The summed E-state index contributed by atoms with van der Waals surface area (Å²) in [6.45, 7) is 0. The van der Waals surface area contributed by atoms with Crippen LogP contribution in [0.15, 0.2) is 41.6 Å². The van der Waals surface area contributed by atoms with E-state index in [4.69, 9.17) is 16.9 Å². The highest BCUT2D eigenvalue weighted by atomic mass is 35.5. The van der Waals surface area contributed by atoms with Crippen LogP contribution in [-0.4, -0.2) is 16.6 Å². The molecule has 24 heavy (non-hydrogen) atoms. The number of hydrogen-bond donors (Lipinski definition) is 1. The number of aromatic nitrogens is 1. The number of nitriles is 1. The molecule has 0 aliphatic carbocycles. The Morgan fingerprint density at radius 3 is 2.79 bits per heavy atom. The van der Waals surface area contributed by atoms with E-state index in [9.17, 15) is 18.0 Å². The Morgan fingerprint density at radius 1 is 1.38 bits per heavy atom. The predicted molar refractivity (Wildman–Crippen MR) is 84.8 cm³/mol. The summed E-state index contributed by atoms with van der Waals surface area (Å²) in [7, 11) is 0. The minimum absolute atomic E-state index is 0.00287. The molecule has 1 heterocycles. The normalized spacial score (nSPS) is 11.0. The third-order valence-corrected chi connectivity index (χ3v) is 4.13. The van der Waals surface area contributed by atoms with Crippen LogP contribution in [0.1, 0.15) is 11.1 Å². The second-order valence-corrected chi connectivity index (χ2v) is 5.87. The van der Waals surface area contributed by atoms with Crippen LogP contribution in [0.3, 0.4) is 0 Å². The first-order valence-corrected chi connectivity index (χ1v) is 7.82. The summed E-state index contributed by atoms with van der Waals surface area (Å²) in [5, 5.41) is 11.6.